The highest BCUT2D eigenvalue weighted by Crippen LogP contribution is 2.30. The monoisotopic (exact) mass is 273 g/mol. The van der Waals surface area contributed by atoms with Crippen LogP contribution in [0.2, 0.25) is 0 Å². The number of unbranched alkanes of at least 4 members (excludes halogenated alkanes) is 1. The Morgan fingerprint density at radius 2 is 2.05 bits per heavy atom. The van der Waals surface area contributed by atoms with Gasteiger partial charge in [0.2, 0.25) is 0 Å². The molecule has 1 saturated carbocycles. The van der Waals surface area contributed by atoms with Gasteiger partial charge in [-0.05, 0) is 55.2 Å². The van der Waals surface area contributed by atoms with Crippen LogP contribution in [-0.4, -0.2) is 10.8 Å². The van der Waals surface area contributed by atoms with Gasteiger partial charge in [-0.15, -0.1) is 0 Å². The van der Waals surface area contributed by atoms with Crippen molar-refractivity contribution in [3.63, 3.8) is 0 Å². The standard InChI is InChI=1S/C18H27NO/c1-3-4-5-18(20)17-13-16(10-11-19-17)12-15-8-6-14(2)7-9-15/h10-11,13-15H,3-9,12H2,1-2H3. The molecule has 2 heteroatoms. The Hall–Kier alpha value is -1.18. The van der Waals surface area contributed by atoms with Crippen LogP contribution < -0.4 is 0 Å². The number of rotatable bonds is 6. The fourth-order valence-electron chi connectivity index (χ4n) is 3.09. The zero-order valence-corrected chi connectivity index (χ0v) is 12.9. The number of carbonyl (C=O) groups is 1. The van der Waals surface area contributed by atoms with Crippen molar-refractivity contribution in [1.82, 2.24) is 4.98 Å². The van der Waals surface area contributed by atoms with E-state index < -0.39 is 0 Å². The third-order valence-electron chi connectivity index (χ3n) is 4.53. The van der Waals surface area contributed by atoms with Crippen molar-refractivity contribution in [2.45, 2.75) is 65.2 Å². The Morgan fingerprint density at radius 1 is 1.30 bits per heavy atom. The molecule has 0 radical (unpaired) electrons. The fourth-order valence-corrected chi connectivity index (χ4v) is 3.09. The van der Waals surface area contributed by atoms with Gasteiger partial charge in [-0.1, -0.05) is 33.1 Å². The first-order valence-electron chi connectivity index (χ1n) is 8.17. The fraction of sp³-hybridized carbons (Fsp3) is 0.667. The van der Waals surface area contributed by atoms with Crippen molar-refractivity contribution in [3.8, 4) is 0 Å². The number of hydrogen-bond acceptors (Lipinski definition) is 2. The number of nitrogens with zero attached hydrogens (tertiary/aromatic N) is 1. The zero-order chi connectivity index (χ0) is 14.4. The van der Waals surface area contributed by atoms with E-state index in [4.69, 9.17) is 0 Å². The molecule has 0 unspecified atom stereocenters. The minimum Gasteiger partial charge on any atom is -0.292 e. The molecule has 0 bridgehead atoms. The van der Waals surface area contributed by atoms with Crippen molar-refractivity contribution in [2.24, 2.45) is 11.8 Å². The van der Waals surface area contributed by atoms with Gasteiger partial charge in [-0.3, -0.25) is 9.78 Å². The Kier molecular flexibility index (Phi) is 5.75. The lowest BCUT2D eigenvalue weighted by molar-refractivity contribution is 0.0975. The van der Waals surface area contributed by atoms with Crippen LogP contribution in [0.25, 0.3) is 0 Å². The molecule has 0 saturated heterocycles. The van der Waals surface area contributed by atoms with E-state index in [0.717, 1.165) is 31.1 Å². The maximum absolute atomic E-state index is 12.0. The Morgan fingerprint density at radius 3 is 2.75 bits per heavy atom. The maximum atomic E-state index is 12.0. The third kappa shape index (κ3) is 4.43. The molecule has 1 aromatic heterocycles. The summed E-state index contributed by atoms with van der Waals surface area (Å²) in [5.74, 6) is 1.90. The summed E-state index contributed by atoms with van der Waals surface area (Å²) in [7, 11) is 0. The van der Waals surface area contributed by atoms with Crippen LogP contribution in [0, 0.1) is 11.8 Å². The first-order chi connectivity index (χ1) is 9.69. The highest BCUT2D eigenvalue weighted by molar-refractivity contribution is 5.94. The average molecular weight is 273 g/mol. The predicted octanol–water partition coefficient (Wildman–Crippen LogP) is 4.82. The first kappa shape index (κ1) is 15.2. The summed E-state index contributed by atoms with van der Waals surface area (Å²) in [6, 6.07) is 4.10. The average Bonchev–Trinajstić information content (AvgIpc) is 2.47. The molecule has 0 atom stereocenters. The van der Waals surface area contributed by atoms with Crippen LogP contribution in [0.5, 0.6) is 0 Å². The second-order valence-corrected chi connectivity index (χ2v) is 6.41. The maximum Gasteiger partial charge on any atom is 0.181 e. The lowest BCUT2D eigenvalue weighted by Gasteiger charge is -2.26. The van der Waals surface area contributed by atoms with Gasteiger partial charge in [0.1, 0.15) is 5.69 Å². The Labute approximate surface area is 123 Å². The molecule has 110 valence electrons. The number of hydrogen-bond donors (Lipinski definition) is 0. The molecule has 20 heavy (non-hydrogen) atoms. The van der Waals surface area contributed by atoms with Crippen LogP contribution in [0.15, 0.2) is 18.3 Å². The van der Waals surface area contributed by atoms with Gasteiger partial charge in [0.25, 0.3) is 0 Å². The van der Waals surface area contributed by atoms with Crippen LogP contribution in [-0.2, 0) is 6.42 Å². The van der Waals surface area contributed by atoms with Gasteiger partial charge < -0.3 is 0 Å². The summed E-state index contributed by atoms with van der Waals surface area (Å²) in [5.41, 5.74) is 1.96. The minimum absolute atomic E-state index is 0.200. The topological polar surface area (TPSA) is 30.0 Å². The van der Waals surface area contributed by atoms with Gasteiger partial charge >= 0.3 is 0 Å². The van der Waals surface area contributed by atoms with Crippen molar-refractivity contribution in [3.05, 3.63) is 29.6 Å². The van der Waals surface area contributed by atoms with E-state index in [-0.39, 0.29) is 5.78 Å². The number of aromatic nitrogens is 1. The largest absolute Gasteiger partial charge is 0.292 e. The Bertz CT molecular complexity index is 433. The minimum atomic E-state index is 0.200. The predicted molar refractivity (Wildman–Crippen MR) is 82.9 cm³/mol. The number of Topliss-reactive ketones (excluding diaryl/α,β-unsaturated/α-hetero) is 1. The number of ketones is 1. The summed E-state index contributed by atoms with van der Waals surface area (Å²) in [6.07, 6.45) is 11.0. The van der Waals surface area contributed by atoms with E-state index in [1.807, 2.05) is 6.07 Å². The molecule has 1 aromatic rings. The van der Waals surface area contributed by atoms with Crippen LogP contribution >= 0.6 is 0 Å². The molecular weight excluding hydrogens is 246 g/mol. The lowest BCUT2D eigenvalue weighted by atomic mass is 9.80. The van der Waals surface area contributed by atoms with E-state index in [1.54, 1.807) is 6.20 Å². The van der Waals surface area contributed by atoms with Crippen molar-refractivity contribution in [1.29, 1.82) is 0 Å². The summed E-state index contributed by atoms with van der Waals surface area (Å²) in [6.45, 7) is 4.47. The second-order valence-electron chi connectivity index (χ2n) is 6.41. The van der Waals surface area contributed by atoms with Gasteiger partial charge in [-0.2, -0.15) is 0 Å². The highest BCUT2D eigenvalue weighted by atomic mass is 16.1. The third-order valence-corrected chi connectivity index (χ3v) is 4.53. The highest BCUT2D eigenvalue weighted by Gasteiger charge is 2.19. The zero-order valence-electron chi connectivity index (χ0n) is 12.9. The van der Waals surface area contributed by atoms with E-state index in [9.17, 15) is 4.79 Å². The lowest BCUT2D eigenvalue weighted by Crippen LogP contribution is -2.14. The van der Waals surface area contributed by atoms with Crippen LogP contribution in [0.4, 0.5) is 0 Å². The molecule has 0 aromatic carbocycles. The van der Waals surface area contributed by atoms with Crippen molar-refractivity contribution >= 4 is 5.78 Å². The van der Waals surface area contributed by atoms with Crippen molar-refractivity contribution < 1.29 is 4.79 Å². The first-order valence-corrected chi connectivity index (χ1v) is 8.17. The number of carbonyl (C=O) groups excluding carboxylic acids is 1. The quantitative estimate of drug-likeness (QED) is 0.695. The molecule has 0 amide bonds. The number of pyridine rings is 1. The molecule has 1 aliphatic carbocycles. The van der Waals surface area contributed by atoms with Gasteiger partial charge in [0.05, 0.1) is 0 Å². The molecule has 0 aliphatic heterocycles. The summed E-state index contributed by atoms with van der Waals surface area (Å²) >= 11 is 0. The summed E-state index contributed by atoms with van der Waals surface area (Å²) in [5, 5.41) is 0. The molecule has 1 heterocycles. The summed E-state index contributed by atoms with van der Waals surface area (Å²) < 4.78 is 0. The van der Waals surface area contributed by atoms with E-state index in [2.05, 4.69) is 24.9 Å². The molecule has 0 spiro atoms. The molecular formula is C18H27NO. The smallest absolute Gasteiger partial charge is 0.181 e. The van der Waals surface area contributed by atoms with Gasteiger partial charge in [0.15, 0.2) is 5.78 Å². The second kappa shape index (κ2) is 7.56. The van der Waals surface area contributed by atoms with Gasteiger partial charge in [0, 0.05) is 12.6 Å². The molecule has 2 nitrogen and oxygen atoms in total. The van der Waals surface area contributed by atoms with Crippen molar-refractivity contribution in [2.75, 3.05) is 0 Å². The Balaban J connectivity index is 1.93. The molecule has 2 rings (SSSR count). The summed E-state index contributed by atoms with van der Waals surface area (Å²) in [4.78, 5) is 16.3. The van der Waals surface area contributed by atoms with Crippen LogP contribution in [0.3, 0.4) is 0 Å². The van der Waals surface area contributed by atoms with Crippen LogP contribution in [0.1, 0.15) is 74.8 Å². The molecule has 0 N–H and O–H groups in total. The normalized spacial score (nSPS) is 22.7. The van der Waals surface area contributed by atoms with E-state index >= 15 is 0 Å². The molecule has 1 fully saturated rings. The van der Waals surface area contributed by atoms with E-state index in [1.165, 1.54) is 31.2 Å². The SMILES string of the molecule is CCCCC(=O)c1cc(CC2CCC(C)CC2)ccn1. The molecule has 1 aliphatic rings. The van der Waals surface area contributed by atoms with Gasteiger partial charge in [-0.25, -0.2) is 0 Å². The van der Waals surface area contributed by atoms with E-state index in [0.29, 0.717) is 12.1 Å².